The van der Waals surface area contributed by atoms with Gasteiger partial charge in [-0.3, -0.25) is 0 Å². The van der Waals surface area contributed by atoms with Gasteiger partial charge in [0.25, 0.3) is 0 Å². The monoisotopic (exact) mass is 221 g/mol. The van der Waals surface area contributed by atoms with Crippen molar-refractivity contribution in [3.05, 3.63) is 18.2 Å². The third-order valence-electron chi connectivity index (χ3n) is 3.54. The molecule has 2 unspecified atom stereocenters. The number of anilines is 2. The number of aliphatic hydroxyl groups is 1. The van der Waals surface area contributed by atoms with E-state index < -0.39 is 0 Å². The van der Waals surface area contributed by atoms with Gasteiger partial charge >= 0.3 is 0 Å². The molecule has 16 heavy (non-hydrogen) atoms. The summed E-state index contributed by atoms with van der Waals surface area (Å²) in [6.45, 7) is 4.14. The van der Waals surface area contributed by atoms with E-state index in [0.717, 1.165) is 18.1 Å². The number of pyridine rings is 1. The maximum atomic E-state index is 9.65. The lowest BCUT2D eigenvalue weighted by Gasteiger charge is -2.49. The number of hydrogen-bond acceptors (Lipinski definition) is 4. The first kappa shape index (κ1) is 11.2. The minimum Gasteiger partial charge on any atom is -0.392 e. The summed E-state index contributed by atoms with van der Waals surface area (Å²) in [5, 5.41) is 16.0. The highest BCUT2D eigenvalue weighted by Gasteiger charge is 2.47. The van der Waals surface area contributed by atoms with Crippen molar-refractivity contribution in [3.63, 3.8) is 0 Å². The minimum atomic E-state index is -0.211. The highest BCUT2D eigenvalue weighted by molar-refractivity contribution is 5.46. The van der Waals surface area contributed by atoms with Crippen LogP contribution in [0.1, 0.15) is 20.3 Å². The van der Waals surface area contributed by atoms with Gasteiger partial charge in [-0.15, -0.1) is 0 Å². The summed E-state index contributed by atoms with van der Waals surface area (Å²) >= 11 is 0. The molecular weight excluding hydrogens is 202 g/mol. The van der Waals surface area contributed by atoms with Gasteiger partial charge in [-0.1, -0.05) is 19.9 Å². The summed E-state index contributed by atoms with van der Waals surface area (Å²) in [6, 6.07) is 6.12. The Balaban J connectivity index is 2.05. The van der Waals surface area contributed by atoms with E-state index in [2.05, 4.69) is 29.5 Å². The van der Waals surface area contributed by atoms with Crippen molar-refractivity contribution >= 4 is 11.6 Å². The van der Waals surface area contributed by atoms with Gasteiger partial charge in [0.05, 0.1) is 6.10 Å². The molecular formula is C12H19N3O. The summed E-state index contributed by atoms with van der Waals surface area (Å²) in [4.78, 5) is 4.40. The average Bonchev–Trinajstić information content (AvgIpc) is 2.29. The van der Waals surface area contributed by atoms with Crippen LogP contribution in [0.25, 0.3) is 0 Å². The zero-order valence-corrected chi connectivity index (χ0v) is 9.99. The Labute approximate surface area is 96.1 Å². The molecule has 1 fully saturated rings. The molecule has 0 bridgehead atoms. The fraction of sp³-hybridized carbons (Fsp3) is 0.583. The molecule has 1 saturated carbocycles. The van der Waals surface area contributed by atoms with Crippen molar-refractivity contribution in [2.24, 2.45) is 5.41 Å². The van der Waals surface area contributed by atoms with E-state index in [1.54, 1.807) is 0 Å². The van der Waals surface area contributed by atoms with Crippen molar-refractivity contribution in [3.8, 4) is 0 Å². The van der Waals surface area contributed by atoms with Crippen molar-refractivity contribution in [1.82, 2.24) is 4.98 Å². The smallest absolute Gasteiger partial charge is 0.128 e. The number of hydrogen-bond donors (Lipinski definition) is 3. The molecule has 1 aromatic rings. The van der Waals surface area contributed by atoms with Crippen LogP contribution in [-0.2, 0) is 0 Å². The second-order valence-electron chi connectivity index (χ2n) is 4.93. The minimum absolute atomic E-state index is 0.0721. The van der Waals surface area contributed by atoms with Gasteiger partial charge in [-0.25, -0.2) is 4.98 Å². The Kier molecular flexibility index (Phi) is 2.76. The van der Waals surface area contributed by atoms with E-state index in [1.165, 1.54) is 0 Å². The van der Waals surface area contributed by atoms with E-state index in [1.807, 2.05) is 25.2 Å². The van der Waals surface area contributed by atoms with Crippen LogP contribution in [-0.4, -0.2) is 29.3 Å². The van der Waals surface area contributed by atoms with Crippen LogP contribution in [0.4, 0.5) is 11.6 Å². The van der Waals surface area contributed by atoms with Gasteiger partial charge in [0.1, 0.15) is 11.6 Å². The Hall–Kier alpha value is -1.29. The molecule has 88 valence electrons. The lowest BCUT2D eigenvalue weighted by Crippen LogP contribution is -2.57. The highest BCUT2D eigenvalue weighted by atomic mass is 16.3. The predicted molar refractivity (Wildman–Crippen MR) is 65.6 cm³/mol. The molecule has 0 saturated heterocycles. The van der Waals surface area contributed by atoms with Gasteiger partial charge in [-0.2, -0.15) is 0 Å². The van der Waals surface area contributed by atoms with E-state index in [0.29, 0.717) is 6.04 Å². The molecule has 1 aliphatic carbocycles. The summed E-state index contributed by atoms with van der Waals surface area (Å²) in [6.07, 6.45) is 0.579. The zero-order chi connectivity index (χ0) is 11.8. The molecule has 4 nitrogen and oxygen atoms in total. The molecule has 0 aromatic carbocycles. The summed E-state index contributed by atoms with van der Waals surface area (Å²) in [5.74, 6) is 1.71. The average molecular weight is 221 g/mol. The Morgan fingerprint density at radius 3 is 2.62 bits per heavy atom. The van der Waals surface area contributed by atoms with Crippen LogP contribution in [0.2, 0.25) is 0 Å². The number of rotatable bonds is 3. The van der Waals surface area contributed by atoms with E-state index >= 15 is 0 Å². The van der Waals surface area contributed by atoms with Crippen LogP contribution in [0.3, 0.4) is 0 Å². The van der Waals surface area contributed by atoms with Crippen LogP contribution in [0.15, 0.2) is 18.2 Å². The van der Waals surface area contributed by atoms with Gasteiger partial charge in [0, 0.05) is 18.5 Å². The van der Waals surface area contributed by atoms with Gasteiger partial charge in [0.15, 0.2) is 0 Å². The van der Waals surface area contributed by atoms with Gasteiger partial charge in [-0.05, 0) is 18.6 Å². The molecule has 0 spiro atoms. The maximum absolute atomic E-state index is 9.65. The predicted octanol–water partition coefficient (Wildman–Crippen LogP) is 1.69. The molecule has 2 atom stereocenters. The molecule has 0 aliphatic heterocycles. The lowest BCUT2D eigenvalue weighted by molar-refractivity contribution is -0.0511. The Morgan fingerprint density at radius 1 is 1.38 bits per heavy atom. The maximum Gasteiger partial charge on any atom is 0.128 e. The largest absolute Gasteiger partial charge is 0.392 e. The molecule has 2 rings (SSSR count). The summed E-state index contributed by atoms with van der Waals surface area (Å²) < 4.78 is 0. The first-order valence-corrected chi connectivity index (χ1v) is 5.63. The molecule has 0 amide bonds. The number of nitrogens with zero attached hydrogens (tertiary/aromatic N) is 1. The summed E-state index contributed by atoms with van der Waals surface area (Å²) in [5.41, 5.74) is -0.0721. The first-order valence-electron chi connectivity index (χ1n) is 5.63. The van der Waals surface area contributed by atoms with Crippen molar-refractivity contribution in [1.29, 1.82) is 0 Å². The standard InChI is InChI=1S/C12H19N3O/c1-12(2)8(7-9(12)16)14-11-6-4-5-10(13-3)15-11/h4-6,8-9,16H,7H2,1-3H3,(H2,13,14,15). The lowest BCUT2D eigenvalue weighted by atomic mass is 9.64. The van der Waals surface area contributed by atoms with Crippen LogP contribution in [0.5, 0.6) is 0 Å². The van der Waals surface area contributed by atoms with E-state index in [4.69, 9.17) is 0 Å². The first-order chi connectivity index (χ1) is 7.54. The topological polar surface area (TPSA) is 57.2 Å². The molecule has 1 aromatic heterocycles. The third-order valence-corrected chi connectivity index (χ3v) is 3.54. The highest BCUT2D eigenvalue weighted by Crippen LogP contribution is 2.41. The van der Waals surface area contributed by atoms with E-state index in [-0.39, 0.29) is 11.5 Å². The van der Waals surface area contributed by atoms with Gasteiger partial charge < -0.3 is 15.7 Å². The van der Waals surface area contributed by atoms with Crippen molar-refractivity contribution in [2.45, 2.75) is 32.4 Å². The van der Waals surface area contributed by atoms with Crippen LogP contribution < -0.4 is 10.6 Å². The van der Waals surface area contributed by atoms with E-state index in [9.17, 15) is 5.11 Å². The van der Waals surface area contributed by atoms with Gasteiger partial charge in [0.2, 0.25) is 0 Å². The fourth-order valence-corrected chi connectivity index (χ4v) is 1.98. The van der Waals surface area contributed by atoms with Crippen molar-refractivity contribution in [2.75, 3.05) is 17.7 Å². The Bertz CT molecular complexity index is 378. The molecule has 0 radical (unpaired) electrons. The quantitative estimate of drug-likeness (QED) is 0.727. The van der Waals surface area contributed by atoms with Crippen LogP contribution in [0, 0.1) is 5.41 Å². The molecule has 1 aliphatic rings. The fourth-order valence-electron chi connectivity index (χ4n) is 1.98. The SMILES string of the molecule is CNc1cccc(NC2CC(O)C2(C)C)n1. The Morgan fingerprint density at radius 2 is 2.06 bits per heavy atom. The number of aliphatic hydroxyl groups excluding tert-OH is 1. The number of nitrogens with one attached hydrogen (secondary N) is 2. The van der Waals surface area contributed by atoms with Crippen molar-refractivity contribution < 1.29 is 5.11 Å². The molecule has 1 heterocycles. The third kappa shape index (κ3) is 1.85. The normalized spacial score (nSPS) is 27.0. The number of aromatic nitrogens is 1. The molecule has 4 heteroatoms. The molecule has 3 N–H and O–H groups in total. The summed E-state index contributed by atoms with van der Waals surface area (Å²) in [7, 11) is 1.85. The second kappa shape index (κ2) is 3.94. The van der Waals surface area contributed by atoms with Crippen LogP contribution >= 0.6 is 0 Å². The zero-order valence-electron chi connectivity index (χ0n) is 9.99. The second-order valence-corrected chi connectivity index (χ2v) is 4.93.